The predicted octanol–water partition coefficient (Wildman–Crippen LogP) is 2.23. The topological polar surface area (TPSA) is 84.7 Å². The van der Waals surface area contributed by atoms with E-state index in [4.69, 9.17) is 9.26 Å². The van der Waals surface area contributed by atoms with Crippen molar-refractivity contribution >= 4 is 11.9 Å². The van der Waals surface area contributed by atoms with Crippen molar-refractivity contribution in [1.82, 2.24) is 15.4 Å². The number of ether oxygens (including phenoxy) is 1. The molecule has 1 aromatic carbocycles. The smallest absolute Gasteiger partial charge is 0.312 e. The van der Waals surface area contributed by atoms with Crippen molar-refractivity contribution in [3.05, 3.63) is 41.6 Å². The fourth-order valence-corrected chi connectivity index (χ4v) is 3.31. The number of piperidine rings is 1. The Balaban J connectivity index is 1.74. The van der Waals surface area contributed by atoms with Gasteiger partial charge in [-0.05, 0) is 25.1 Å². The Morgan fingerprint density at radius 3 is 2.82 bits per heavy atom. The third-order valence-corrected chi connectivity index (χ3v) is 4.90. The lowest BCUT2D eigenvalue weighted by Gasteiger charge is -2.36. The van der Waals surface area contributed by atoms with E-state index in [1.807, 2.05) is 6.92 Å². The summed E-state index contributed by atoms with van der Waals surface area (Å²) in [5.41, 5.74) is -0.0584. The Bertz CT molecular complexity index is 871. The molecule has 0 spiro atoms. The van der Waals surface area contributed by atoms with Gasteiger partial charge in [0.25, 0.3) is 5.91 Å². The van der Waals surface area contributed by atoms with Crippen LogP contribution < -0.4 is 5.32 Å². The highest BCUT2D eigenvalue weighted by molar-refractivity contribution is 5.93. The average Bonchev–Trinajstić information content (AvgIpc) is 3.17. The van der Waals surface area contributed by atoms with Gasteiger partial charge in [-0.15, -0.1) is 0 Å². The number of hydrogen-bond acceptors (Lipinski definition) is 6. The van der Waals surface area contributed by atoms with Crippen LogP contribution in [0.25, 0.3) is 11.3 Å². The molecule has 1 N–H and O–H groups in total. The molecule has 2 heterocycles. The fraction of sp³-hybridized carbons (Fsp3) is 0.421. The van der Waals surface area contributed by atoms with Crippen LogP contribution in [0, 0.1) is 17.6 Å². The monoisotopic (exact) mass is 393 g/mol. The highest BCUT2D eigenvalue weighted by Gasteiger charge is 2.36. The van der Waals surface area contributed by atoms with Gasteiger partial charge in [0.15, 0.2) is 11.5 Å². The highest BCUT2D eigenvalue weighted by Crippen LogP contribution is 2.25. The Labute approximate surface area is 160 Å². The summed E-state index contributed by atoms with van der Waals surface area (Å²) in [4.78, 5) is 26.8. The number of carbonyl (C=O) groups excluding carboxylic acids is 2. The highest BCUT2D eigenvalue weighted by atomic mass is 19.1. The minimum absolute atomic E-state index is 0.00311. The molecule has 0 unspecified atom stereocenters. The van der Waals surface area contributed by atoms with Crippen molar-refractivity contribution in [1.29, 1.82) is 0 Å². The van der Waals surface area contributed by atoms with Crippen molar-refractivity contribution in [3.8, 4) is 11.3 Å². The molecule has 1 aromatic heterocycles. The molecule has 3 rings (SSSR count). The van der Waals surface area contributed by atoms with E-state index >= 15 is 0 Å². The number of likely N-dealkylation sites (tertiary alicyclic amines) is 1. The molecule has 1 aliphatic rings. The third kappa shape index (κ3) is 4.19. The van der Waals surface area contributed by atoms with Gasteiger partial charge in [-0.3, -0.25) is 9.59 Å². The van der Waals surface area contributed by atoms with Gasteiger partial charge >= 0.3 is 5.97 Å². The molecule has 1 fully saturated rings. The largest absolute Gasteiger partial charge is 0.469 e. The number of halogens is 2. The lowest BCUT2D eigenvalue weighted by molar-refractivity contribution is -0.148. The number of esters is 1. The summed E-state index contributed by atoms with van der Waals surface area (Å²) in [6.07, 6.45) is 0.580. The van der Waals surface area contributed by atoms with Crippen LogP contribution in [0.5, 0.6) is 0 Å². The van der Waals surface area contributed by atoms with Crippen LogP contribution in [0.2, 0.25) is 0 Å². The van der Waals surface area contributed by atoms with Crippen molar-refractivity contribution in [2.45, 2.75) is 19.4 Å². The fourth-order valence-electron chi connectivity index (χ4n) is 3.31. The van der Waals surface area contributed by atoms with E-state index in [-0.39, 0.29) is 17.0 Å². The quantitative estimate of drug-likeness (QED) is 0.785. The van der Waals surface area contributed by atoms with Gasteiger partial charge in [-0.1, -0.05) is 12.1 Å². The molecular weight excluding hydrogens is 372 g/mol. The second-order valence-electron chi connectivity index (χ2n) is 6.59. The first-order chi connectivity index (χ1) is 13.4. The van der Waals surface area contributed by atoms with Crippen LogP contribution in [-0.2, 0) is 9.53 Å². The molecule has 150 valence electrons. The molecule has 2 atom stereocenters. The lowest BCUT2D eigenvalue weighted by Crippen LogP contribution is -2.53. The molecule has 28 heavy (non-hydrogen) atoms. The molecule has 0 saturated carbocycles. The van der Waals surface area contributed by atoms with E-state index in [0.29, 0.717) is 13.0 Å². The number of nitrogens with zero attached hydrogens (tertiary/aromatic N) is 2. The van der Waals surface area contributed by atoms with Gasteiger partial charge in [0.2, 0.25) is 0 Å². The summed E-state index contributed by atoms with van der Waals surface area (Å²) in [6, 6.07) is 3.88. The molecule has 1 aliphatic heterocycles. The summed E-state index contributed by atoms with van der Waals surface area (Å²) in [6.45, 7) is 4.02. The molecule has 0 radical (unpaired) electrons. The number of methoxy groups -OCH3 is 1. The summed E-state index contributed by atoms with van der Waals surface area (Å²) < 4.78 is 36.8. The second-order valence-corrected chi connectivity index (χ2v) is 6.59. The number of nitrogens with one attached hydrogen (secondary N) is 1. The van der Waals surface area contributed by atoms with E-state index in [2.05, 4.69) is 15.4 Å². The molecule has 2 aromatic rings. The number of amides is 1. The van der Waals surface area contributed by atoms with E-state index in [0.717, 1.165) is 25.2 Å². The van der Waals surface area contributed by atoms with E-state index in [9.17, 15) is 18.4 Å². The predicted molar refractivity (Wildman–Crippen MR) is 95.3 cm³/mol. The lowest BCUT2D eigenvalue weighted by atomic mass is 9.92. The number of benzene rings is 1. The SMILES string of the molecule is CCN1CC[C@H](NC(=O)c2cc(-c3ccc(F)cc3F)on2)[C@@H](C(=O)OC)C1. The Kier molecular flexibility index (Phi) is 6.03. The zero-order valence-corrected chi connectivity index (χ0v) is 15.6. The average molecular weight is 393 g/mol. The Morgan fingerprint density at radius 2 is 2.14 bits per heavy atom. The molecule has 9 heteroatoms. The number of hydrogen-bond donors (Lipinski definition) is 1. The zero-order valence-electron chi connectivity index (χ0n) is 15.6. The van der Waals surface area contributed by atoms with E-state index in [1.54, 1.807) is 0 Å². The first-order valence-electron chi connectivity index (χ1n) is 8.96. The van der Waals surface area contributed by atoms with Crippen LogP contribution in [0.1, 0.15) is 23.8 Å². The molecule has 0 aliphatic carbocycles. The Hall–Kier alpha value is -2.81. The number of rotatable bonds is 5. The molecule has 0 bridgehead atoms. The third-order valence-electron chi connectivity index (χ3n) is 4.90. The standard InChI is InChI=1S/C19H21F2N3O4/c1-3-24-7-6-15(13(10-24)19(26)27-2)22-18(25)16-9-17(28-23-16)12-5-4-11(20)8-14(12)21/h4-5,8-9,13,15H,3,6-7,10H2,1-2H3,(H,22,25)/t13-,15-/m0/s1. The van der Waals surface area contributed by atoms with Gasteiger partial charge in [-0.2, -0.15) is 0 Å². The second kappa shape index (κ2) is 8.47. The van der Waals surface area contributed by atoms with Crippen LogP contribution in [0.4, 0.5) is 8.78 Å². The summed E-state index contributed by atoms with van der Waals surface area (Å²) >= 11 is 0. The maximum Gasteiger partial charge on any atom is 0.312 e. The summed E-state index contributed by atoms with van der Waals surface area (Å²) in [5, 5.41) is 6.46. The minimum atomic E-state index is -0.819. The van der Waals surface area contributed by atoms with Gasteiger partial charge in [0, 0.05) is 31.3 Å². The maximum absolute atomic E-state index is 13.9. The molecule has 7 nitrogen and oxygen atoms in total. The zero-order chi connectivity index (χ0) is 20.3. The molecule has 1 amide bonds. The van der Waals surface area contributed by atoms with Crippen LogP contribution >= 0.6 is 0 Å². The minimum Gasteiger partial charge on any atom is -0.469 e. The molecular formula is C19H21F2N3O4. The summed E-state index contributed by atoms with van der Waals surface area (Å²) in [7, 11) is 1.31. The number of aromatic nitrogens is 1. The van der Waals surface area contributed by atoms with Crippen molar-refractivity contribution < 1.29 is 27.6 Å². The van der Waals surface area contributed by atoms with E-state index in [1.165, 1.54) is 19.2 Å². The normalized spacial score (nSPS) is 20.0. The van der Waals surface area contributed by atoms with Crippen molar-refractivity contribution in [2.24, 2.45) is 5.92 Å². The van der Waals surface area contributed by atoms with Crippen LogP contribution in [0.15, 0.2) is 28.8 Å². The van der Waals surface area contributed by atoms with Crippen LogP contribution in [-0.4, -0.2) is 54.7 Å². The number of carbonyl (C=O) groups is 2. The van der Waals surface area contributed by atoms with Gasteiger partial charge in [0.05, 0.1) is 18.6 Å². The van der Waals surface area contributed by atoms with Crippen molar-refractivity contribution in [3.63, 3.8) is 0 Å². The van der Waals surface area contributed by atoms with Gasteiger partial charge < -0.3 is 19.5 Å². The van der Waals surface area contributed by atoms with Gasteiger partial charge in [-0.25, -0.2) is 8.78 Å². The first kappa shape index (κ1) is 19.9. The van der Waals surface area contributed by atoms with Crippen molar-refractivity contribution in [2.75, 3.05) is 26.7 Å². The Morgan fingerprint density at radius 1 is 1.36 bits per heavy atom. The maximum atomic E-state index is 13.9. The summed E-state index contributed by atoms with van der Waals surface area (Å²) in [5.74, 6) is -2.96. The van der Waals surface area contributed by atoms with Crippen LogP contribution in [0.3, 0.4) is 0 Å². The van der Waals surface area contributed by atoms with E-state index < -0.39 is 35.5 Å². The van der Waals surface area contributed by atoms with Gasteiger partial charge in [0.1, 0.15) is 11.6 Å². The molecule has 1 saturated heterocycles. The first-order valence-corrected chi connectivity index (χ1v) is 8.96.